The molecule has 2 heterocycles. The number of pyridine rings is 1. The van der Waals surface area contributed by atoms with Crippen molar-refractivity contribution in [2.24, 2.45) is 0 Å². The molecule has 0 spiro atoms. The lowest BCUT2D eigenvalue weighted by Gasteiger charge is -1.97. The van der Waals surface area contributed by atoms with Gasteiger partial charge in [0.15, 0.2) is 0 Å². The third kappa shape index (κ3) is 1.24. The molecule has 2 rings (SSSR count). The Labute approximate surface area is 98.0 Å². The quantitative estimate of drug-likeness (QED) is 0.639. The van der Waals surface area contributed by atoms with E-state index in [-0.39, 0.29) is 0 Å². The van der Waals surface area contributed by atoms with Gasteiger partial charge in [0, 0.05) is 15.5 Å². The van der Waals surface area contributed by atoms with Gasteiger partial charge in [-0.25, -0.2) is 0 Å². The average Bonchev–Trinajstić information content (AvgIpc) is 2.29. The standard InChI is InChI=1S/C8H6I2N2/c1-5-4-7-8(12(5)10)6(9)2-3-11-7/h2-4H,1H3. The predicted octanol–water partition coefficient (Wildman–Crippen LogP) is 3.15. The number of nitrogens with zero attached hydrogens (tertiary/aromatic N) is 2. The summed E-state index contributed by atoms with van der Waals surface area (Å²) in [5.41, 5.74) is 3.53. The number of fused-ring (bicyclic) bond motifs is 1. The molecule has 12 heavy (non-hydrogen) atoms. The van der Waals surface area contributed by atoms with Gasteiger partial charge in [-0.05, 0) is 41.6 Å². The third-order valence-electron chi connectivity index (χ3n) is 1.75. The van der Waals surface area contributed by atoms with Crippen molar-refractivity contribution >= 4 is 56.5 Å². The van der Waals surface area contributed by atoms with Gasteiger partial charge < -0.3 is 0 Å². The number of aryl methyl sites for hydroxylation is 1. The number of hydrogen-bond acceptors (Lipinski definition) is 1. The Hall–Kier alpha value is 0.150. The molecule has 2 aromatic heterocycles. The van der Waals surface area contributed by atoms with E-state index >= 15 is 0 Å². The molecule has 2 nitrogen and oxygen atoms in total. The van der Waals surface area contributed by atoms with Crippen LogP contribution in [-0.4, -0.2) is 7.76 Å². The van der Waals surface area contributed by atoms with Crippen LogP contribution >= 0.6 is 45.5 Å². The molecule has 0 saturated heterocycles. The highest BCUT2D eigenvalue weighted by molar-refractivity contribution is 14.1. The lowest BCUT2D eigenvalue weighted by Crippen LogP contribution is -1.84. The molecule has 0 amide bonds. The van der Waals surface area contributed by atoms with Crippen molar-refractivity contribution < 1.29 is 0 Å². The fourth-order valence-electron chi connectivity index (χ4n) is 1.18. The van der Waals surface area contributed by atoms with E-state index < -0.39 is 0 Å². The maximum atomic E-state index is 4.29. The highest BCUT2D eigenvalue weighted by Gasteiger charge is 2.06. The monoisotopic (exact) mass is 384 g/mol. The summed E-state index contributed by atoms with van der Waals surface area (Å²) in [6, 6.07) is 4.13. The summed E-state index contributed by atoms with van der Waals surface area (Å²) in [4.78, 5) is 4.29. The topological polar surface area (TPSA) is 17.8 Å². The SMILES string of the molecule is Cc1cc2nccc(I)c2n1I. The van der Waals surface area contributed by atoms with E-state index in [1.54, 1.807) is 0 Å². The molecule has 0 aliphatic rings. The van der Waals surface area contributed by atoms with E-state index in [2.05, 4.69) is 66.2 Å². The van der Waals surface area contributed by atoms with E-state index in [0.29, 0.717) is 0 Å². The largest absolute Gasteiger partial charge is 0.284 e. The second-order valence-corrected chi connectivity index (χ2v) is 4.72. The molecule has 0 radical (unpaired) electrons. The number of rotatable bonds is 0. The highest BCUT2D eigenvalue weighted by Crippen LogP contribution is 2.24. The molecular weight excluding hydrogens is 378 g/mol. The van der Waals surface area contributed by atoms with Crippen LogP contribution in [0.2, 0.25) is 0 Å². The van der Waals surface area contributed by atoms with Crippen LogP contribution in [0, 0.1) is 10.5 Å². The first kappa shape index (κ1) is 8.74. The van der Waals surface area contributed by atoms with Crippen molar-refractivity contribution in [1.82, 2.24) is 7.76 Å². The van der Waals surface area contributed by atoms with Crippen LogP contribution in [0.3, 0.4) is 0 Å². The van der Waals surface area contributed by atoms with E-state index in [0.717, 1.165) is 5.52 Å². The molecule has 0 aliphatic heterocycles. The second-order valence-electron chi connectivity index (χ2n) is 2.59. The van der Waals surface area contributed by atoms with Crippen molar-refractivity contribution in [3.05, 3.63) is 27.6 Å². The van der Waals surface area contributed by atoms with Crippen molar-refractivity contribution in [1.29, 1.82) is 0 Å². The average molecular weight is 384 g/mol. The normalized spacial score (nSPS) is 10.9. The first-order chi connectivity index (χ1) is 5.70. The molecule has 0 aromatic carbocycles. The summed E-state index contributed by atoms with van der Waals surface area (Å²) in [7, 11) is 0. The summed E-state index contributed by atoms with van der Waals surface area (Å²) in [6.45, 7) is 2.09. The van der Waals surface area contributed by atoms with E-state index in [9.17, 15) is 0 Å². The minimum atomic E-state index is 1.08. The van der Waals surface area contributed by atoms with Gasteiger partial charge in [0.05, 0.1) is 33.9 Å². The highest BCUT2D eigenvalue weighted by atomic mass is 127. The molecule has 0 fully saturated rings. The summed E-state index contributed by atoms with van der Waals surface area (Å²) in [5.74, 6) is 0. The summed E-state index contributed by atoms with van der Waals surface area (Å²) in [6.07, 6.45) is 1.85. The molecule has 0 saturated carbocycles. The Bertz CT molecular complexity index is 434. The number of hydrogen-bond donors (Lipinski definition) is 0. The van der Waals surface area contributed by atoms with Crippen LogP contribution in [0.25, 0.3) is 11.0 Å². The fourth-order valence-corrected chi connectivity index (χ4v) is 2.96. The van der Waals surface area contributed by atoms with E-state index in [1.165, 1.54) is 14.8 Å². The van der Waals surface area contributed by atoms with Crippen LogP contribution in [0.15, 0.2) is 18.3 Å². The Morgan fingerprint density at radius 2 is 2.25 bits per heavy atom. The first-order valence-corrected chi connectivity index (χ1v) is 5.53. The van der Waals surface area contributed by atoms with Crippen molar-refractivity contribution in [2.75, 3.05) is 0 Å². The summed E-state index contributed by atoms with van der Waals surface area (Å²) in [5, 5.41) is 0. The Morgan fingerprint density at radius 3 is 2.92 bits per heavy atom. The Balaban J connectivity index is 2.97. The van der Waals surface area contributed by atoms with Crippen LogP contribution in [-0.2, 0) is 0 Å². The minimum Gasteiger partial charge on any atom is -0.284 e. The lowest BCUT2D eigenvalue weighted by molar-refractivity contribution is 1.26. The molecular formula is C8H6I2N2. The first-order valence-electron chi connectivity index (χ1n) is 3.49. The van der Waals surface area contributed by atoms with Gasteiger partial charge in [-0.1, -0.05) is 0 Å². The molecule has 0 bridgehead atoms. The fraction of sp³-hybridized carbons (Fsp3) is 0.125. The van der Waals surface area contributed by atoms with Crippen LogP contribution in [0.5, 0.6) is 0 Å². The van der Waals surface area contributed by atoms with Crippen molar-refractivity contribution in [2.45, 2.75) is 6.92 Å². The minimum absolute atomic E-state index is 1.08. The van der Waals surface area contributed by atoms with E-state index in [1.807, 2.05) is 12.3 Å². The Kier molecular flexibility index (Phi) is 2.28. The van der Waals surface area contributed by atoms with Gasteiger partial charge in [0.1, 0.15) is 0 Å². The zero-order valence-electron chi connectivity index (χ0n) is 6.38. The lowest BCUT2D eigenvalue weighted by atomic mass is 10.4. The predicted molar refractivity (Wildman–Crippen MR) is 66.6 cm³/mol. The molecule has 0 N–H and O–H groups in total. The van der Waals surface area contributed by atoms with Gasteiger partial charge in [0.2, 0.25) is 0 Å². The van der Waals surface area contributed by atoms with Gasteiger partial charge in [-0.2, -0.15) is 0 Å². The molecule has 0 unspecified atom stereocenters. The summed E-state index contributed by atoms with van der Waals surface area (Å²) < 4.78 is 3.39. The van der Waals surface area contributed by atoms with Gasteiger partial charge in [-0.3, -0.25) is 7.76 Å². The molecule has 0 atom stereocenters. The maximum Gasteiger partial charge on any atom is 0.0902 e. The molecule has 4 heteroatoms. The number of aromatic nitrogens is 2. The third-order valence-corrected chi connectivity index (χ3v) is 3.87. The second kappa shape index (κ2) is 3.13. The smallest absolute Gasteiger partial charge is 0.0902 e. The zero-order valence-corrected chi connectivity index (χ0v) is 10.7. The van der Waals surface area contributed by atoms with Gasteiger partial charge >= 0.3 is 0 Å². The zero-order chi connectivity index (χ0) is 8.72. The Morgan fingerprint density at radius 1 is 1.50 bits per heavy atom. The van der Waals surface area contributed by atoms with Crippen molar-refractivity contribution in [3.8, 4) is 0 Å². The van der Waals surface area contributed by atoms with Crippen LogP contribution in [0.4, 0.5) is 0 Å². The molecule has 0 aliphatic carbocycles. The van der Waals surface area contributed by atoms with E-state index in [4.69, 9.17) is 0 Å². The summed E-state index contributed by atoms with van der Waals surface area (Å²) >= 11 is 4.63. The maximum absolute atomic E-state index is 4.29. The number of halogens is 2. The molecule has 62 valence electrons. The van der Waals surface area contributed by atoms with Gasteiger partial charge in [0.25, 0.3) is 0 Å². The van der Waals surface area contributed by atoms with Crippen molar-refractivity contribution in [3.63, 3.8) is 0 Å². The van der Waals surface area contributed by atoms with Gasteiger partial charge in [-0.15, -0.1) is 0 Å². The van der Waals surface area contributed by atoms with Crippen LogP contribution < -0.4 is 0 Å². The van der Waals surface area contributed by atoms with Crippen LogP contribution in [0.1, 0.15) is 5.69 Å². The molecule has 2 aromatic rings.